The molecule has 1 N–H and O–H groups in total. The lowest BCUT2D eigenvalue weighted by atomic mass is 9.89. The molecule has 0 radical (unpaired) electrons. The maximum Gasteiger partial charge on any atom is 0.119 e. The van der Waals surface area contributed by atoms with Gasteiger partial charge in [-0.2, -0.15) is 0 Å². The van der Waals surface area contributed by atoms with Gasteiger partial charge in [0.15, 0.2) is 0 Å². The van der Waals surface area contributed by atoms with E-state index in [2.05, 4.69) is 47.6 Å². The molecule has 0 amide bonds. The Bertz CT molecular complexity index is 890. The summed E-state index contributed by atoms with van der Waals surface area (Å²) in [6.45, 7) is 3.66. The van der Waals surface area contributed by atoms with Gasteiger partial charge in [-0.25, -0.2) is 0 Å². The van der Waals surface area contributed by atoms with Crippen LogP contribution in [0.3, 0.4) is 0 Å². The fourth-order valence-electron chi connectivity index (χ4n) is 3.76. The minimum absolute atomic E-state index is 0.342. The van der Waals surface area contributed by atoms with E-state index in [0.29, 0.717) is 12.6 Å². The van der Waals surface area contributed by atoms with E-state index in [9.17, 15) is 0 Å². The van der Waals surface area contributed by atoms with Crippen molar-refractivity contribution < 1.29 is 4.74 Å². The van der Waals surface area contributed by atoms with Gasteiger partial charge in [0.2, 0.25) is 0 Å². The van der Waals surface area contributed by atoms with E-state index in [0.717, 1.165) is 17.9 Å². The molecule has 3 heteroatoms. The molecule has 1 aliphatic rings. The number of hydrogen-bond donors (Lipinski definition) is 1. The van der Waals surface area contributed by atoms with Crippen molar-refractivity contribution in [3.05, 3.63) is 94.8 Å². The molecule has 144 valence electrons. The van der Waals surface area contributed by atoms with Gasteiger partial charge in [0.05, 0.1) is 0 Å². The Morgan fingerprint density at radius 2 is 1.64 bits per heavy atom. The molecule has 0 bridgehead atoms. The molecule has 1 aliphatic carbocycles. The number of ether oxygens (including phenoxy) is 1. The standard InChI is InChI=1S/C25H28N2O/c1-19(23-9-8-22-4-2-3-5-24(22)16-23)27-17-20-6-10-25(11-7-20)28-18-21-12-14-26-15-13-21/h6-16,19,27H,2-5,17-18H2,1H3. The van der Waals surface area contributed by atoms with Gasteiger partial charge in [0.25, 0.3) is 0 Å². The first kappa shape index (κ1) is 18.7. The number of nitrogens with one attached hydrogen (secondary N) is 1. The monoisotopic (exact) mass is 372 g/mol. The third-order valence-electron chi connectivity index (χ3n) is 5.56. The van der Waals surface area contributed by atoms with Crippen molar-refractivity contribution in [2.45, 2.75) is 51.8 Å². The molecular formula is C25H28N2O. The first-order chi connectivity index (χ1) is 13.8. The molecule has 0 saturated heterocycles. The number of pyridine rings is 1. The third-order valence-corrected chi connectivity index (χ3v) is 5.56. The van der Waals surface area contributed by atoms with E-state index < -0.39 is 0 Å². The quantitative estimate of drug-likeness (QED) is 0.604. The topological polar surface area (TPSA) is 34.1 Å². The number of nitrogens with zero attached hydrogens (tertiary/aromatic N) is 1. The van der Waals surface area contributed by atoms with Crippen LogP contribution in [-0.2, 0) is 26.0 Å². The molecule has 1 unspecified atom stereocenters. The van der Waals surface area contributed by atoms with E-state index in [1.165, 1.54) is 36.8 Å². The second-order valence-corrected chi connectivity index (χ2v) is 7.63. The summed E-state index contributed by atoms with van der Waals surface area (Å²) in [6.07, 6.45) is 8.72. The van der Waals surface area contributed by atoms with E-state index in [4.69, 9.17) is 4.74 Å². The number of aryl methyl sites for hydroxylation is 2. The molecule has 1 heterocycles. The van der Waals surface area contributed by atoms with Crippen molar-refractivity contribution >= 4 is 0 Å². The van der Waals surface area contributed by atoms with Gasteiger partial charge in [0.1, 0.15) is 12.4 Å². The maximum atomic E-state index is 5.85. The van der Waals surface area contributed by atoms with Crippen LogP contribution in [0.5, 0.6) is 5.75 Å². The molecule has 28 heavy (non-hydrogen) atoms. The van der Waals surface area contributed by atoms with Crippen LogP contribution in [-0.4, -0.2) is 4.98 Å². The van der Waals surface area contributed by atoms with Gasteiger partial charge in [-0.3, -0.25) is 4.98 Å². The zero-order valence-electron chi connectivity index (χ0n) is 16.5. The molecule has 0 fully saturated rings. The highest BCUT2D eigenvalue weighted by Gasteiger charge is 2.12. The summed E-state index contributed by atoms with van der Waals surface area (Å²) in [5, 5.41) is 3.65. The van der Waals surface area contributed by atoms with Gasteiger partial charge in [-0.15, -0.1) is 0 Å². The van der Waals surface area contributed by atoms with Crippen LogP contribution >= 0.6 is 0 Å². The average molecular weight is 373 g/mol. The van der Waals surface area contributed by atoms with E-state index >= 15 is 0 Å². The molecule has 4 rings (SSSR count). The highest BCUT2D eigenvalue weighted by atomic mass is 16.5. The normalized spacial score (nSPS) is 14.3. The minimum Gasteiger partial charge on any atom is -0.489 e. The van der Waals surface area contributed by atoms with Crippen LogP contribution in [0.4, 0.5) is 0 Å². The van der Waals surface area contributed by atoms with E-state index in [1.54, 1.807) is 23.5 Å². The molecular weight excluding hydrogens is 344 g/mol. The number of rotatable bonds is 7. The van der Waals surface area contributed by atoms with Crippen LogP contribution in [0.2, 0.25) is 0 Å². The summed E-state index contributed by atoms with van der Waals surface area (Å²) in [7, 11) is 0. The van der Waals surface area contributed by atoms with Gasteiger partial charge in [0, 0.05) is 25.0 Å². The fraction of sp³-hybridized carbons (Fsp3) is 0.320. The molecule has 1 aromatic heterocycles. The van der Waals surface area contributed by atoms with Crippen molar-refractivity contribution in [2.24, 2.45) is 0 Å². The zero-order chi connectivity index (χ0) is 19.2. The zero-order valence-corrected chi connectivity index (χ0v) is 16.5. The molecule has 0 aliphatic heterocycles. The predicted octanol–water partition coefficient (Wildman–Crippen LogP) is 5.39. The summed E-state index contributed by atoms with van der Waals surface area (Å²) in [6, 6.07) is 19.7. The largest absolute Gasteiger partial charge is 0.489 e. The Kier molecular flexibility index (Phi) is 6.03. The summed E-state index contributed by atoms with van der Waals surface area (Å²) < 4.78 is 5.85. The average Bonchev–Trinajstić information content (AvgIpc) is 2.77. The first-order valence-corrected chi connectivity index (χ1v) is 10.2. The predicted molar refractivity (Wildman–Crippen MR) is 113 cm³/mol. The summed E-state index contributed by atoms with van der Waals surface area (Å²) in [5.41, 5.74) is 6.87. The Morgan fingerprint density at radius 3 is 2.43 bits per heavy atom. The third kappa shape index (κ3) is 4.79. The van der Waals surface area contributed by atoms with Crippen molar-refractivity contribution in [1.29, 1.82) is 0 Å². The van der Waals surface area contributed by atoms with Gasteiger partial charge < -0.3 is 10.1 Å². The van der Waals surface area contributed by atoms with Crippen molar-refractivity contribution in [2.75, 3.05) is 0 Å². The van der Waals surface area contributed by atoms with E-state index in [-0.39, 0.29) is 0 Å². The van der Waals surface area contributed by atoms with Crippen molar-refractivity contribution in [1.82, 2.24) is 10.3 Å². The number of fused-ring (bicyclic) bond motifs is 1. The van der Waals surface area contributed by atoms with Crippen molar-refractivity contribution in [3.8, 4) is 5.75 Å². The van der Waals surface area contributed by atoms with Crippen molar-refractivity contribution in [3.63, 3.8) is 0 Å². The Morgan fingerprint density at radius 1 is 0.893 bits per heavy atom. The first-order valence-electron chi connectivity index (χ1n) is 10.2. The van der Waals surface area contributed by atoms with Crippen LogP contribution < -0.4 is 10.1 Å². The lowest BCUT2D eigenvalue weighted by Gasteiger charge is -2.20. The molecule has 1 atom stereocenters. The van der Waals surface area contributed by atoms with Crippen LogP contribution in [0, 0.1) is 0 Å². The molecule has 3 aromatic rings. The van der Waals surface area contributed by atoms with Crippen LogP contribution in [0.15, 0.2) is 67.0 Å². The SMILES string of the molecule is CC(NCc1ccc(OCc2ccncc2)cc1)c1ccc2c(c1)CCCC2. The number of aromatic nitrogens is 1. The summed E-state index contributed by atoms with van der Waals surface area (Å²) in [4.78, 5) is 4.03. The Labute approximate surface area is 167 Å². The summed E-state index contributed by atoms with van der Waals surface area (Å²) >= 11 is 0. The Balaban J connectivity index is 1.29. The highest BCUT2D eigenvalue weighted by molar-refractivity contribution is 5.35. The van der Waals surface area contributed by atoms with Crippen LogP contribution in [0.1, 0.15) is 53.6 Å². The maximum absolute atomic E-state index is 5.85. The molecule has 3 nitrogen and oxygen atoms in total. The Hall–Kier alpha value is -2.65. The number of benzene rings is 2. The fourth-order valence-corrected chi connectivity index (χ4v) is 3.76. The lowest BCUT2D eigenvalue weighted by Crippen LogP contribution is -2.18. The lowest BCUT2D eigenvalue weighted by molar-refractivity contribution is 0.306. The smallest absolute Gasteiger partial charge is 0.119 e. The van der Waals surface area contributed by atoms with E-state index in [1.807, 2.05) is 24.3 Å². The van der Waals surface area contributed by atoms with Crippen LogP contribution in [0.25, 0.3) is 0 Å². The molecule has 0 saturated carbocycles. The van der Waals surface area contributed by atoms with Gasteiger partial charge in [-0.1, -0.05) is 30.3 Å². The second kappa shape index (κ2) is 9.03. The molecule has 0 spiro atoms. The van der Waals surface area contributed by atoms with Gasteiger partial charge >= 0.3 is 0 Å². The minimum atomic E-state index is 0.342. The number of hydrogen-bond acceptors (Lipinski definition) is 3. The van der Waals surface area contributed by atoms with Gasteiger partial charge in [-0.05, 0) is 84.7 Å². The second-order valence-electron chi connectivity index (χ2n) is 7.63. The summed E-state index contributed by atoms with van der Waals surface area (Å²) in [5.74, 6) is 0.892. The molecule has 2 aromatic carbocycles. The highest BCUT2D eigenvalue weighted by Crippen LogP contribution is 2.25.